The highest BCUT2D eigenvalue weighted by Gasteiger charge is 2.38. The van der Waals surface area contributed by atoms with Crippen molar-refractivity contribution in [3.63, 3.8) is 0 Å². The zero-order chi connectivity index (χ0) is 19.7. The van der Waals surface area contributed by atoms with Gasteiger partial charge in [0.25, 0.3) is 5.91 Å². The second kappa shape index (κ2) is 7.31. The number of hydrogen-bond donors (Lipinski definition) is 1. The Bertz CT molecular complexity index is 985. The maximum atomic E-state index is 13.1. The summed E-state index contributed by atoms with van der Waals surface area (Å²) in [6.45, 7) is 3.60. The van der Waals surface area contributed by atoms with Crippen LogP contribution in [-0.4, -0.2) is 28.1 Å². The molecule has 3 aromatic rings. The van der Waals surface area contributed by atoms with Gasteiger partial charge in [0.2, 0.25) is 5.91 Å². The molecule has 28 heavy (non-hydrogen) atoms. The fourth-order valence-corrected chi connectivity index (χ4v) is 4.01. The molecular formula is C22H22N4O2. The molecule has 0 unspecified atom stereocenters. The molecule has 0 saturated heterocycles. The minimum atomic E-state index is -0.142. The average molecular weight is 374 g/mol. The first-order valence-electron chi connectivity index (χ1n) is 9.34. The molecule has 1 aliphatic heterocycles. The molecule has 1 N–H and O–H groups in total. The number of hydrogen-bond acceptors (Lipinski definition) is 3. The van der Waals surface area contributed by atoms with Gasteiger partial charge in [-0.05, 0) is 43.2 Å². The third-order valence-electron chi connectivity index (χ3n) is 5.20. The first-order chi connectivity index (χ1) is 13.6. The normalized spacial score (nSPS) is 18.4. The van der Waals surface area contributed by atoms with Crippen molar-refractivity contribution in [2.45, 2.75) is 32.4 Å². The number of amides is 2. The summed E-state index contributed by atoms with van der Waals surface area (Å²) >= 11 is 0. The van der Waals surface area contributed by atoms with E-state index in [9.17, 15) is 9.59 Å². The molecule has 2 atom stereocenters. The molecule has 6 nitrogen and oxygen atoms in total. The van der Waals surface area contributed by atoms with Crippen molar-refractivity contribution in [2.75, 3.05) is 9.80 Å². The fourth-order valence-electron chi connectivity index (χ4n) is 4.01. The molecule has 0 radical (unpaired) electrons. The van der Waals surface area contributed by atoms with E-state index in [1.54, 1.807) is 24.1 Å². The first kappa shape index (κ1) is 18.0. The molecule has 142 valence electrons. The summed E-state index contributed by atoms with van der Waals surface area (Å²) in [5.41, 5.74) is 3.10. The van der Waals surface area contributed by atoms with Crippen LogP contribution in [0.25, 0.3) is 0 Å². The summed E-state index contributed by atoms with van der Waals surface area (Å²) in [4.78, 5) is 29.3. The van der Waals surface area contributed by atoms with Gasteiger partial charge in [-0.3, -0.25) is 14.7 Å². The summed E-state index contributed by atoms with van der Waals surface area (Å²) in [6, 6.07) is 18.9. The highest BCUT2D eigenvalue weighted by molar-refractivity contribution is 6.06. The van der Waals surface area contributed by atoms with Crippen molar-refractivity contribution in [3.8, 4) is 0 Å². The van der Waals surface area contributed by atoms with Gasteiger partial charge < -0.3 is 9.80 Å². The molecule has 4 rings (SSSR count). The molecule has 6 heteroatoms. The van der Waals surface area contributed by atoms with Gasteiger partial charge in [0, 0.05) is 30.5 Å². The number of nitrogens with zero attached hydrogens (tertiary/aromatic N) is 3. The molecule has 2 heterocycles. The van der Waals surface area contributed by atoms with E-state index in [1.165, 1.54) is 0 Å². The largest absolute Gasteiger partial charge is 0.305 e. The Morgan fingerprint density at radius 1 is 1.07 bits per heavy atom. The zero-order valence-corrected chi connectivity index (χ0v) is 15.9. The number of fused-ring (bicyclic) bond motifs is 1. The number of para-hydroxylation sites is 2. The van der Waals surface area contributed by atoms with Crippen molar-refractivity contribution in [1.29, 1.82) is 0 Å². The van der Waals surface area contributed by atoms with Crippen molar-refractivity contribution in [3.05, 3.63) is 78.1 Å². The van der Waals surface area contributed by atoms with Crippen LogP contribution in [-0.2, 0) is 4.79 Å². The predicted molar refractivity (Wildman–Crippen MR) is 108 cm³/mol. The van der Waals surface area contributed by atoms with Gasteiger partial charge >= 0.3 is 0 Å². The first-order valence-corrected chi connectivity index (χ1v) is 9.34. The van der Waals surface area contributed by atoms with Crippen LogP contribution < -0.4 is 9.80 Å². The molecule has 0 aliphatic carbocycles. The minimum absolute atomic E-state index is 0.0217. The van der Waals surface area contributed by atoms with Crippen molar-refractivity contribution in [1.82, 2.24) is 10.2 Å². The summed E-state index contributed by atoms with van der Waals surface area (Å²) < 4.78 is 0. The van der Waals surface area contributed by atoms with Crippen LogP contribution in [0, 0.1) is 0 Å². The van der Waals surface area contributed by atoms with Gasteiger partial charge in [0.1, 0.15) is 5.69 Å². The Kier molecular flexibility index (Phi) is 4.69. The highest BCUT2D eigenvalue weighted by Crippen LogP contribution is 2.42. The van der Waals surface area contributed by atoms with E-state index < -0.39 is 0 Å². The van der Waals surface area contributed by atoms with Gasteiger partial charge in [-0.2, -0.15) is 5.10 Å². The summed E-state index contributed by atoms with van der Waals surface area (Å²) in [5.74, 6) is -0.142. The smallest absolute Gasteiger partial charge is 0.276 e. The lowest BCUT2D eigenvalue weighted by Crippen LogP contribution is -2.47. The standard InChI is InChI=1S/C22H22N4O2/c1-15-14-21(26(16(2)27)17-8-4-3-5-9-17)18-10-6-7-11-20(18)25(15)22(28)19-12-13-23-24-19/h3-13,15,21H,14H2,1-2H3,(H,23,24)/t15-,21+/m0/s1. The molecule has 0 fully saturated rings. The number of aromatic amines is 1. The number of carbonyl (C=O) groups excluding carboxylic acids is 2. The van der Waals surface area contributed by atoms with Crippen LogP contribution in [0.2, 0.25) is 0 Å². The van der Waals surface area contributed by atoms with Crippen LogP contribution in [0.4, 0.5) is 11.4 Å². The average Bonchev–Trinajstić information content (AvgIpc) is 3.23. The predicted octanol–water partition coefficient (Wildman–Crippen LogP) is 3.94. The second-order valence-electron chi connectivity index (χ2n) is 7.03. The van der Waals surface area contributed by atoms with Crippen molar-refractivity contribution in [2.24, 2.45) is 0 Å². The zero-order valence-electron chi connectivity index (χ0n) is 15.9. The van der Waals surface area contributed by atoms with E-state index in [-0.39, 0.29) is 23.9 Å². The van der Waals surface area contributed by atoms with Gasteiger partial charge in [-0.15, -0.1) is 0 Å². The maximum absolute atomic E-state index is 13.1. The summed E-state index contributed by atoms with van der Waals surface area (Å²) in [6.07, 6.45) is 2.22. The van der Waals surface area contributed by atoms with E-state index in [2.05, 4.69) is 10.2 Å². The number of rotatable bonds is 3. The molecule has 1 aromatic heterocycles. The van der Waals surface area contributed by atoms with Crippen LogP contribution in [0.3, 0.4) is 0 Å². The molecule has 1 aliphatic rings. The lowest BCUT2D eigenvalue weighted by atomic mass is 9.89. The maximum Gasteiger partial charge on any atom is 0.276 e. The number of anilines is 2. The number of nitrogens with one attached hydrogen (secondary N) is 1. The molecule has 0 bridgehead atoms. The topological polar surface area (TPSA) is 69.3 Å². The quantitative estimate of drug-likeness (QED) is 0.755. The number of benzene rings is 2. The number of aromatic nitrogens is 2. The molecule has 0 saturated carbocycles. The van der Waals surface area contributed by atoms with Gasteiger partial charge in [-0.1, -0.05) is 36.4 Å². The van der Waals surface area contributed by atoms with E-state index >= 15 is 0 Å². The lowest BCUT2D eigenvalue weighted by Gasteiger charge is -2.43. The molecule has 0 spiro atoms. The molecule has 2 amide bonds. The van der Waals surface area contributed by atoms with Crippen molar-refractivity contribution >= 4 is 23.2 Å². The Morgan fingerprint density at radius 2 is 1.79 bits per heavy atom. The summed E-state index contributed by atoms with van der Waals surface area (Å²) in [5, 5.41) is 6.66. The number of H-pyrrole nitrogens is 1. The highest BCUT2D eigenvalue weighted by atomic mass is 16.2. The SMILES string of the molecule is CC(=O)N(c1ccccc1)[C@@H]1C[C@H](C)N(C(=O)c2ccn[nH]2)c2ccccc21. The number of carbonyl (C=O) groups is 2. The lowest BCUT2D eigenvalue weighted by molar-refractivity contribution is -0.117. The van der Waals surface area contributed by atoms with E-state index in [4.69, 9.17) is 0 Å². The van der Waals surface area contributed by atoms with Gasteiger partial charge in [-0.25, -0.2) is 0 Å². The Labute approximate surface area is 163 Å². The van der Waals surface area contributed by atoms with Gasteiger partial charge in [0.05, 0.1) is 6.04 Å². The van der Waals surface area contributed by atoms with E-state index in [1.807, 2.05) is 66.4 Å². The molecular weight excluding hydrogens is 352 g/mol. The van der Waals surface area contributed by atoms with Gasteiger partial charge in [0.15, 0.2) is 0 Å². The Balaban J connectivity index is 1.79. The van der Waals surface area contributed by atoms with E-state index in [0.29, 0.717) is 12.1 Å². The third kappa shape index (κ3) is 3.07. The van der Waals surface area contributed by atoms with E-state index in [0.717, 1.165) is 16.9 Å². The van der Waals surface area contributed by atoms with Crippen molar-refractivity contribution < 1.29 is 9.59 Å². The Hall–Kier alpha value is -3.41. The van der Waals surface area contributed by atoms with Crippen LogP contribution in [0.15, 0.2) is 66.9 Å². The monoisotopic (exact) mass is 374 g/mol. The molecule has 2 aromatic carbocycles. The Morgan fingerprint density at radius 3 is 2.46 bits per heavy atom. The summed E-state index contributed by atoms with van der Waals surface area (Å²) in [7, 11) is 0. The minimum Gasteiger partial charge on any atom is -0.305 e. The van der Waals surface area contributed by atoms with Crippen LogP contribution >= 0.6 is 0 Å². The second-order valence-corrected chi connectivity index (χ2v) is 7.03. The van der Waals surface area contributed by atoms with Crippen LogP contribution in [0.1, 0.15) is 42.4 Å². The third-order valence-corrected chi connectivity index (χ3v) is 5.20. The van der Waals surface area contributed by atoms with Crippen LogP contribution in [0.5, 0.6) is 0 Å². The fraction of sp³-hybridized carbons (Fsp3) is 0.227.